The van der Waals surface area contributed by atoms with E-state index < -0.39 is 0 Å². The largest absolute Gasteiger partial charge is 0.355 e. The zero-order chi connectivity index (χ0) is 15.6. The van der Waals surface area contributed by atoms with Crippen molar-refractivity contribution < 1.29 is 0 Å². The van der Waals surface area contributed by atoms with Gasteiger partial charge in [0.25, 0.3) is 0 Å². The molecule has 0 spiro atoms. The maximum Gasteiger partial charge on any atom is 0.191 e. The van der Waals surface area contributed by atoms with Gasteiger partial charge < -0.3 is 10.6 Å². The fraction of sp³-hybridized carbons (Fsp3) is 0.765. The van der Waals surface area contributed by atoms with Gasteiger partial charge in [0.15, 0.2) is 5.96 Å². The van der Waals surface area contributed by atoms with Crippen LogP contribution in [0.2, 0.25) is 0 Å². The van der Waals surface area contributed by atoms with Crippen molar-refractivity contribution in [1.82, 2.24) is 20.4 Å². The Hall–Kier alpha value is -1.52. The topological polar surface area (TPSA) is 54.2 Å². The van der Waals surface area contributed by atoms with E-state index in [0.29, 0.717) is 6.04 Å². The van der Waals surface area contributed by atoms with Crippen LogP contribution in [0.3, 0.4) is 0 Å². The van der Waals surface area contributed by atoms with E-state index in [9.17, 15) is 0 Å². The molecule has 1 heterocycles. The van der Waals surface area contributed by atoms with Crippen molar-refractivity contribution in [2.45, 2.75) is 64.5 Å². The first-order chi connectivity index (χ1) is 10.8. The molecular formula is C17H31N5. The second-order valence-corrected chi connectivity index (χ2v) is 6.39. The minimum atomic E-state index is 0.470. The molecule has 2 rings (SSSR count). The van der Waals surface area contributed by atoms with Crippen LogP contribution in [0.15, 0.2) is 23.5 Å². The van der Waals surface area contributed by atoms with Crippen LogP contribution in [0, 0.1) is 5.92 Å². The molecule has 1 unspecified atom stereocenters. The summed E-state index contributed by atoms with van der Waals surface area (Å²) in [6.07, 6.45) is 13.5. The lowest BCUT2D eigenvalue weighted by Crippen LogP contribution is -2.43. The van der Waals surface area contributed by atoms with Gasteiger partial charge in [-0.05, 0) is 31.7 Å². The van der Waals surface area contributed by atoms with Crippen molar-refractivity contribution in [3.63, 3.8) is 0 Å². The fourth-order valence-corrected chi connectivity index (χ4v) is 3.18. The molecule has 0 saturated heterocycles. The lowest BCUT2D eigenvalue weighted by atomic mass is 9.85. The highest BCUT2D eigenvalue weighted by atomic mass is 15.3. The lowest BCUT2D eigenvalue weighted by molar-refractivity contribution is 0.322. The molecule has 0 aromatic carbocycles. The highest BCUT2D eigenvalue weighted by Gasteiger charge is 2.14. The Bertz CT molecular complexity index is 420. The number of hydrogen-bond acceptors (Lipinski definition) is 2. The van der Waals surface area contributed by atoms with Crippen molar-refractivity contribution in [2.24, 2.45) is 10.9 Å². The highest BCUT2D eigenvalue weighted by Crippen LogP contribution is 2.27. The summed E-state index contributed by atoms with van der Waals surface area (Å²) >= 11 is 0. The molecular weight excluding hydrogens is 274 g/mol. The third-order valence-electron chi connectivity index (χ3n) is 4.53. The van der Waals surface area contributed by atoms with Gasteiger partial charge in [0, 0.05) is 32.0 Å². The van der Waals surface area contributed by atoms with E-state index >= 15 is 0 Å². The summed E-state index contributed by atoms with van der Waals surface area (Å²) < 4.78 is 1.92. The number of aromatic nitrogens is 2. The Labute approximate surface area is 134 Å². The van der Waals surface area contributed by atoms with Gasteiger partial charge in [0.1, 0.15) is 0 Å². The molecule has 1 aliphatic rings. The van der Waals surface area contributed by atoms with E-state index in [1.165, 1.54) is 44.9 Å². The van der Waals surface area contributed by atoms with Gasteiger partial charge in [-0.3, -0.25) is 9.67 Å². The van der Waals surface area contributed by atoms with Crippen LogP contribution in [0.1, 0.15) is 51.9 Å². The summed E-state index contributed by atoms with van der Waals surface area (Å²) in [5, 5.41) is 11.0. The Morgan fingerprint density at radius 1 is 1.36 bits per heavy atom. The molecule has 0 bridgehead atoms. The normalized spacial score (nSPS) is 18.2. The number of aliphatic imine (C=N–C) groups is 1. The lowest BCUT2D eigenvalue weighted by Gasteiger charge is -2.24. The molecule has 124 valence electrons. The summed E-state index contributed by atoms with van der Waals surface area (Å²) in [5.74, 6) is 1.84. The van der Waals surface area contributed by atoms with Gasteiger partial charge in [0.2, 0.25) is 0 Å². The number of nitrogens with one attached hydrogen (secondary N) is 2. The van der Waals surface area contributed by atoms with Crippen LogP contribution in [-0.4, -0.2) is 35.4 Å². The SMILES string of the molecule is CN=C(NCCn1cccn1)NC(C)CCC1CCCCC1. The minimum absolute atomic E-state index is 0.470. The fourth-order valence-electron chi connectivity index (χ4n) is 3.18. The quantitative estimate of drug-likeness (QED) is 0.601. The molecule has 5 nitrogen and oxygen atoms in total. The van der Waals surface area contributed by atoms with E-state index in [1.807, 2.05) is 24.0 Å². The molecule has 0 aliphatic heterocycles. The Balaban J connectivity index is 1.61. The Morgan fingerprint density at radius 3 is 2.86 bits per heavy atom. The first kappa shape index (κ1) is 16.8. The predicted octanol–water partition coefficient (Wildman–Crippen LogP) is 2.80. The average molecular weight is 305 g/mol. The number of hydrogen-bond donors (Lipinski definition) is 2. The molecule has 22 heavy (non-hydrogen) atoms. The van der Waals surface area contributed by atoms with Crippen LogP contribution in [0.4, 0.5) is 0 Å². The van der Waals surface area contributed by atoms with E-state index in [-0.39, 0.29) is 0 Å². The molecule has 0 radical (unpaired) electrons. The monoisotopic (exact) mass is 305 g/mol. The Kier molecular flexibility index (Phi) is 7.26. The van der Waals surface area contributed by atoms with E-state index in [4.69, 9.17) is 0 Å². The molecule has 0 amide bonds. The standard InChI is InChI=1S/C17H31N5/c1-15(9-10-16-7-4-3-5-8-16)21-17(18-2)19-12-14-22-13-6-11-20-22/h6,11,13,15-16H,3-5,7-10,12,14H2,1-2H3,(H2,18,19,21). The van der Waals surface area contributed by atoms with Gasteiger partial charge >= 0.3 is 0 Å². The molecule has 2 N–H and O–H groups in total. The second kappa shape index (κ2) is 9.49. The third kappa shape index (κ3) is 6.08. The first-order valence-corrected chi connectivity index (χ1v) is 8.72. The third-order valence-corrected chi connectivity index (χ3v) is 4.53. The number of guanidine groups is 1. The van der Waals surface area contributed by atoms with E-state index in [0.717, 1.165) is 25.0 Å². The molecule has 1 saturated carbocycles. The highest BCUT2D eigenvalue weighted by molar-refractivity contribution is 5.79. The molecule has 1 aromatic heterocycles. The smallest absolute Gasteiger partial charge is 0.191 e. The van der Waals surface area contributed by atoms with E-state index in [2.05, 4.69) is 27.6 Å². The zero-order valence-corrected chi connectivity index (χ0v) is 14.1. The van der Waals surface area contributed by atoms with Crippen molar-refractivity contribution in [3.05, 3.63) is 18.5 Å². The molecule has 1 fully saturated rings. The Morgan fingerprint density at radius 2 is 2.18 bits per heavy atom. The van der Waals surface area contributed by atoms with Gasteiger partial charge in [-0.1, -0.05) is 32.1 Å². The summed E-state index contributed by atoms with van der Waals surface area (Å²) in [7, 11) is 1.83. The number of rotatable bonds is 7. The van der Waals surface area contributed by atoms with Gasteiger partial charge in [0.05, 0.1) is 6.54 Å². The van der Waals surface area contributed by atoms with Crippen LogP contribution >= 0.6 is 0 Å². The molecule has 5 heteroatoms. The zero-order valence-electron chi connectivity index (χ0n) is 14.1. The minimum Gasteiger partial charge on any atom is -0.355 e. The number of nitrogens with zero attached hydrogens (tertiary/aromatic N) is 3. The maximum absolute atomic E-state index is 4.31. The summed E-state index contributed by atoms with van der Waals surface area (Å²) in [5.41, 5.74) is 0. The van der Waals surface area contributed by atoms with Crippen LogP contribution < -0.4 is 10.6 Å². The van der Waals surface area contributed by atoms with Crippen molar-refractivity contribution in [3.8, 4) is 0 Å². The van der Waals surface area contributed by atoms with Crippen molar-refractivity contribution >= 4 is 5.96 Å². The first-order valence-electron chi connectivity index (χ1n) is 8.72. The van der Waals surface area contributed by atoms with Gasteiger partial charge in [-0.25, -0.2) is 0 Å². The average Bonchev–Trinajstić information content (AvgIpc) is 3.06. The molecule has 1 aliphatic carbocycles. The van der Waals surface area contributed by atoms with Crippen LogP contribution in [0.5, 0.6) is 0 Å². The summed E-state index contributed by atoms with van der Waals surface area (Å²) in [6.45, 7) is 3.93. The van der Waals surface area contributed by atoms with Crippen molar-refractivity contribution in [1.29, 1.82) is 0 Å². The van der Waals surface area contributed by atoms with E-state index in [1.54, 1.807) is 6.20 Å². The summed E-state index contributed by atoms with van der Waals surface area (Å²) in [6, 6.07) is 2.42. The predicted molar refractivity (Wildman–Crippen MR) is 92.0 cm³/mol. The van der Waals surface area contributed by atoms with Crippen LogP contribution in [-0.2, 0) is 6.54 Å². The van der Waals surface area contributed by atoms with Gasteiger partial charge in [-0.2, -0.15) is 5.10 Å². The van der Waals surface area contributed by atoms with Crippen molar-refractivity contribution in [2.75, 3.05) is 13.6 Å². The molecule has 1 atom stereocenters. The maximum atomic E-state index is 4.31. The second-order valence-electron chi connectivity index (χ2n) is 6.39. The van der Waals surface area contributed by atoms with Gasteiger partial charge in [-0.15, -0.1) is 0 Å². The summed E-state index contributed by atoms with van der Waals surface area (Å²) in [4.78, 5) is 4.31. The molecule has 1 aromatic rings. The van der Waals surface area contributed by atoms with Crippen LogP contribution in [0.25, 0.3) is 0 Å².